The Balaban J connectivity index is 0.000000269. The third kappa shape index (κ3) is 3.11. The average Bonchev–Trinajstić information content (AvgIpc) is 2.14. The van der Waals surface area contributed by atoms with Gasteiger partial charge in [0, 0.05) is 14.2 Å². The molecule has 0 aromatic carbocycles. The Morgan fingerprint density at radius 2 is 1.00 bits per heavy atom. The number of fused-ring (bicyclic) bond motifs is 1. The second-order valence-electron chi connectivity index (χ2n) is 3.38. The molecule has 0 bridgehead atoms. The van der Waals surface area contributed by atoms with Crippen molar-refractivity contribution in [2.75, 3.05) is 14.2 Å². The second-order valence-corrected chi connectivity index (χ2v) is 3.38. The van der Waals surface area contributed by atoms with E-state index in [-0.39, 0.29) is 0 Å². The van der Waals surface area contributed by atoms with Crippen LogP contribution >= 0.6 is 0 Å². The zero-order valence-corrected chi connectivity index (χ0v) is 8.29. The summed E-state index contributed by atoms with van der Waals surface area (Å²) in [7, 11) is 2.00. The van der Waals surface area contributed by atoms with Crippen LogP contribution in [-0.4, -0.2) is 24.4 Å². The summed E-state index contributed by atoms with van der Waals surface area (Å²) in [6.07, 6.45) is 9.30. The zero-order valence-electron chi connectivity index (χ0n) is 8.29. The summed E-state index contributed by atoms with van der Waals surface area (Å²) in [4.78, 5) is 0. The molecule has 0 saturated heterocycles. The Bertz CT molecular complexity index is 81.8. The van der Waals surface area contributed by atoms with E-state index in [1.165, 1.54) is 24.7 Å². The fourth-order valence-electron chi connectivity index (χ4n) is 2.21. The maximum absolute atomic E-state index is 7.00. The van der Waals surface area contributed by atoms with Crippen molar-refractivity contribution in [1.82, 2.24) is 0 Å². The largest absolute Gasteiger partial charge is 0.400 e. The van der Waals surface area contributed by atoms with Gasteiger partial charge in [-0.2, -0.15) is 0 Å². The van der Waals surface area contributed by atoms with Gasteiger partial charge in [-0.05, 0) is 24.7 Å². The molecule has 2 heteroatoms. The Morgan fingerprint density at radius 1 is 0.667 bits per heavy atom. The van der Waals surface area contributed by atoms with Gasteiger partial charge in [0.2, 0.25) is 0 Å². The molecule has 2 nitrogen and oxygen atoms in total. The molecule has 2 rings (SSSR count). The van der Waals surface area contributed by atoms with Crippen LogP contribution in [0.2, 0.25) is 0 Å². The number of aliphatic hydroxyl groups excluding tert-OH is 2. The van der Waals surface area contributed by atoms with E-state index in [9.17, 15) is 0 Å². The van der Waals surface area contributed by atoms with E-state index in [0.717, 1.165) is 14.2 Å². The predicted octanol–water partition coefficient (Wildman–Crippen LogP) is 1.80. The lowest BCUT2D eigenvalue weighted by molar-refractivity contribution is 0.115. The minimum absolute atomic E-state index is 1.00. The third-order valence-corrected chi connectivity index (χ3v) is 2.97. The lowest BCUT2D eigenvalue weighted by Gasteiger charge is -2.40. The lowest BCUT2D eigenvalue weighted by Crippen LogP contribution is -2.28. The summed E-state index contributed by atoms with van der Waals surface area (Å²) in [6, 6.07) is 0. The van der Waals surface area contributed by atoms with Crippen molar-refractivity contribution in [3.63, 3.8) is 0 Å². The minimum atomic E-state index is 1.00. The highest BCUT2D eigenvalue weighted by Gasteiger charge is 2.31. The van der Waals surface area contributed by atoms with E-state index in [1.807, 2.05) is 0 Å². The van der Waals surface area contributed by atoms with Gasteiger partial charge in [0.15, 0.2) is 0 Å². The van der Waals surface area contributed by atoms with E-state index < -0.39 is 0 Å². The third-order valence-electron chi connectivity index (χ3n) is 2.97. The van der Waals surface area contributed by atoms with Gasteiger partial charge < -0.3 is 10.2 Å². The maximum atomic E-state index is 7.00. The van der Waals surface area contributed by atoms with Crippen LogP contribution in [0.25, 0.3) is 0 Å². The Labute approximate surface area is 75.6 Å². The Hall–Kier alpha value is -0.0800. The van der Waals surface area contributed by atoms with Gasteiger partial charge in [-0.3, -0.25) is 0 Å². The molecule has 0 spiro atoms. The fraction of sp³-hybridized carbons (Fsp3) is 1.00. The van der Waals surface area contributed by atoms with Crippen LogP contribution in [0.1, 0.15) is 38.5 Å². The van der Waals surface area contributed by atoms with Gasteiger partial charge in [0.25, 0.3) is 0 Å². The van der Waals surface area contributed by atoms with Crippen LogP contribution in [0.3, 0.4) is 0 Å². The number of aliphatic hydroxyl groups is 2. The van der Waals surface area contributed by atoms with Crippen LogP contribution in [-0.2, 0) is 0 Å². The van der Waals surface area contributed by atoms with Gasteiger partial charge in [0.05, 0.1) is 0 Å². The van der Waals surface area contributed by atoms with Crippen molar-refractivity contribution in [1.29, 1.82) is 0 Å². The molecule has 0 aliphatic heterocycles. The first-order valence-corrected chi connectivity index (χ1v) is 4.86. The first kappa shape index (κ1) is 11.9. The molecule has 2 aliphatic rings. The molecule has 74 valence electrons. The van der Waals surface area contributed by atoms with Gasteiger partial charge in [-0.25, -0.2) is 0 Å². The molecule has 2 aliphatic carbocycles. The quantitative estimate of drug-likeness (QED) is 0.588. The Morgan fingerprint density at radius 3 is 1.17 bits per heavy atom. The highest BCUT2D eigenvalue weighted by molar-refractivity contribution is 4.83. The monoisotopic (exact) mass is 174 g/mol. The average molecular weight is 174 g/mol. The fourth-order valence-corrected chi connectivity index (χ4v) is 2.21. The molecule has 0 aromatic rings. The van der Waals surface area contributed by atoms with Crippen molar-refractivity contribution in [3.8, 4) is 0 Å². The summed E-state index contributed by atoms with van der Waals surface area (Å²) in [5.74, 6) is 2.37. The molecule has 2 fully saturated rings. The van der Waals surface area contributed by atoms with Crippen LogP contribution in [0.4, 0.5) is 0 Å². The van der Waals surface area contributed by atoms with E-state index >= 15 is 0 Å². The summed E-state index contributed by atoms with van der Waals surface area (Å²) < 4.78 is 0. The standard InChI is InChI=1S/C8H14.2CH4O/c1-2-4-8-6-5-7(8)3-1;2*1-2/h7-8H,1-6H2;2*2H,1H3. The number of hydrogen-bond donors (Lipinski definition) is 2. The SMILES string of the molecule is C1CCC2CCC2C1.CO.CO. The molecule has 0 aromatic heterocycles. The highest BCUT2D eigenvalue weighted by Crippen LogP contribution is 2.44. The van der Waals surface area contributed by atoms with Crippen LogP contribution < -0.4 is 0 Å². The van der Waals surface area contributed by atoms with Gasteiger partial charge in [0.1, 0.15) is 0 Å². The van der Waals surface area contributed by atoms with Crippen LogP contribution in [0, 0.1) is 11.8 Å². The molecule has 2 unspecified atom stereocenters. The minimum Gasteiger partial charge on any atom is -0.400 e. The van der Waals surface area contributed by atoms with E-state index in [1.54, 1.807) is 25.7 Å². The molecular formula is C10H22O2. The molecule has 12 heavy (non-hydrogen) atoms. The van der Waals surface area contributed by atoms with Crippen molar-refractivity contribution < 1.29 is 10.2 Å². The summed E-state index contributed by atoms with van der Waals surface area (Å²) in [5, 5.41) is 14.0. The van der Waals surface area contributed by atoms with Crippen molar-refractivity contribution >= 4 is 0 Å². The molecule has 2 atom stereocenters. The van der Waals surface area contributed by atoms with Crippen molar-refractivity contribution in [2.45, 2.75) is 38.5 Å². The normalized spacial score (nSPS) is 31.0. The van der Waals surface area contributed by atoms with E-state index in [2.05, 4.69) is 0 Å². The van der Waals surface area contributed by atoms with Crippen LogP contribution in [0.15, 0.2) is 0 Å². The predicted molar refractivity (Wildman–Crippen MR) is 51.0 cm³/mol. The van der Waals surface area contributed by atoms with Crippen molar-refractivity contribution in [3.05, 3.63) is 0 Å². The smallest absolute Gasteiger partial charge is 0.0319 e. The number of hydrogen-bond acceptors (Lipinski definition) is 2. The molecule has 2 saturated carbocycles. The van der Waals surface area contributed by atoms with Gasteiger partial charge in [-0.1, -0.05) is 25.7 Å². The molecule has 0 amide bonds. The number of rotatable bonds is 0. The molecule has 0 heterocycles. The summed E-state index contributed by atoms with van der Waals surface area (Å²) >= 11 is 0. The van der Waals surface area contributed by atoms with Gasteiger partial charge >= 0.3 is 0 Å². The first-order chi connectivity index (χ1) is 5.97. The van der Waals surface area contributed by atoms with Gasteiger partial charge in [-0.15, -0.1) is 0 Å². The Kier molecular flexibility index (Phi) is 7.51. The zero-order chi connectivity index (χ0) is 9.40. The first-order valence-electron chi connectivity index (χ1n) is 4.86. The summed E-state index contributed by atoms with van der Waals surface area (Å²) in [6.45, 7) is 0. The second kappa shape index (κ2) is 7.56. The highest BCUT2D eigenvalue weighted by atomic mass is 16.2. The van der Waals surface area contributed by atoms with Crippen LogP contribution in [0.5, 0.6) is 0 Å². The lowest BCUT2D eigenvalue weighted by atomic mass is 9.66. The molecule has 2 N–H and O–H groups in total. The summed E-state index contributed by atoms with van der Waals surface area (Å²) in [5.41, 5.74) is 0. The van der Waals surface area contributed by atoms with Crippen molar-refractivity contribution in [2.24, 2.45) is 11.8 Å². The topological polar surface area (TPSA) is 40.5 Å². The maximum Gasteiger partial charge on any atom is 0.0319 e. The van der Waals surface area contributed by atoms with E-state index in [4.69, 9.17) is 10.2 Å². The van der Waals surface area contributed by atoms with E-state index in [0.29, 0.717) is 0 Å². The molecule has 0 radical (unpaired) electrons. The molecular weight excluding hydrogens is 152 g/mol.